The maximum atomic E-state index is 12.9. The van der Waals surface area contributed by atoms with Crippen molar-refractivity contribution in [2.24, 2.45) is 0 Å². The molecule has 0 bridgehead atoms. The molecule has 1 N–H and O–H groups in total. The average molecular weight is 464 g/mol. The van der Waals surface area contributed by atoms with Gasteiger partial charge in [0.25, 0.3) is 11.6 Å². The van der Waals surface area contributed by atoms with E-state index in [1.807, 2.05) is 6.26 Å². The third-order valence-electron chi connectivity index (χ3n) is 4.60. The number of hydrogen-bond donors (Lipinski definition) is 1. The van der Waals surface area contributed by atoms with Crippen LogP contribution in [0.15, 0.2) is 64.5 Å². The minimum Gasteiger partial charge on any atom is -0.320 e. The predicted octanol–water partition coefficient (Wildman–Crippen LogP) is 2.40. The first-order valence-corrected chi connectivity index (χ1v) is 10.7. The molecule has 12 nitrogen and oxygen atoms in total. The van der Waals surface area contributed by atoms with E-state index in [1.165, 1.54) is 45.4 Å². The summed E-state index contributed by atoms with van der Waals surface area (Å²) in [7, 11) is 0. The Morgan fingerprint density at radius 2 is 1.91 bits per heavy atom. The van der Waals surface area contributed by atoms with Gasteiger partial charge in [0.2, 0.25) is 10.6 Å². The van der Waals surface area contributed by atoms with E-state index in [0.717, 1.165) is 0 Å². The molecule has 0 saturated carbocycles. The number of para-hydroxylation sites is 2. The normalized spacial score (nSPS) is 10.7. The highest BCUT2D eigenvalue weighted by molar-refractivity contribution is 7.98. The first-order valence-electron chi connectivity index (χ1n) is 9.48. The molecule has 4 rings (SSSR count). The second-order valence-electron chi connectivity index (χ2n) is 6.74. The van der Waals surface area contributed by atoms with Crippen molar-refractivity contribution in [2.45, 2.75) is 12.1 Å². The number of amides is 1. The Labute approximate surface area is 190 Å². The quantitative estimate of drug-likeness (QED) is 0.258. The van der Waals surface area contributed by atoms with Crippen molar-refractivity contribution >= 4 is 29.0 Å². The molecule has 0 aliphatic carbocycles. The summed E-state index contributed by atoms with van der Waals surface area (Å²) in [5.74, 6) is -0.758. The van der Waals surface area contributed by atoms with Crippen molar-refractivity contribution in [3.8, 4) is 11.4 Å². The van der Waals surface area contributed by atoms with Gasteiger partial charge in [-0.1, -0.05) is 30.0 Å². The summed E-state index contributed by atoms with van der Waals surface area (Å²) in [6, 6.07) is 13.9. The molecule has 0 radical (unpaired) electrons. The van der Waals surface area contributed by atoms with Crippen LogP contribution in [0.1, 0.15) is 16.2 Å². The van der Waals surface area contributed by atoms with Crippen molar-refractivity contribution in [1.29, 1.82) is 0 Å². The lowest BCUT2D eigenvalue weighted by Gasteiger charge is -2.12. The Bertz CT molecular complexity index is 1430. The van der Waals surface area contributed by atoms with Crippen molar-refractivity contribution in [1.82, 2.24) is 30.0 Å². The summed E-state index contributed by atoms with van der Waals surface area (Å²) in [6.45, 7) is 1.58. The van der Waals surface area contributed by atoms with Crippen LogP contribution in [0.3, 0.4) is 0 Å². The fourth-order valence-electron chi connectivity index (χ4n) is 3.12. The smallest absolute Gasteiger partial charge is 0.294 e. The number of tetrazole rings is 1. The number of aryl methyl sites for hydroxylation is 1. The summed E-state index contributed by atoms with van der Waals surface area (Å²) in [4.78, 5) is 36.3. The van der Waals surface area contributed by atoms with E-state index in [0.29, 0.717) is 22.2 Å². The number of anilines is 1. The van der Waals surface area contributed by atoms with E-state index >= 15 is 0 Å². The molecular formula is C20H16N8O4S. The topological polar surface area (TPSA) is 151 Å². The lowest BCUT2D eigenvalue weighted by molar-refractivity contribution is -0.384. The van der Waals surface area contributed by atoms with Gasteiger partial charge in [0, 0.05) is 23.5 Å². The van der Waals surface area contributed by atoms with Gasteiger partial charge in [-0.05, 0) is 47.9 Å². The van der Waals surface area contributed by atoms with Crippen LogP contribution in [-0.2, 0) is 0 Å². The van der Waals surface area contributed by atoms with Gasteiger partial charge >= 0.3 is 0 Å². The van der Waals surface area contributed by atoms with Gasteiger partial charge in [-0.25, -0.2) is 4.68 Å². The van der Waals surface area contributed by atoms with Gasteiger partial charge in [0.15, 0.2) is 5.69 Å². The van der Waals surface area contributed by atoms with Crippen LogP contribution in [0.4, 0.5) is 11.4 Å². The van der Waals surface area contributed by atoms with Crippen LogP contribution in [0, 0.1) is 17.0 Å². The molecule has 0 fully saturated rings. The SMILES string of the molecule is CSc1nnnn1-c1cccc(NC(=O)c2nn(-c3ccccc3[N+](=O)[O-])c(C)cc2=O)c1. The number of carbonyl (C=O) groups excluding carboxylic acids is 1. The Balaban J connectivity index is 1.69. The maximum absolute atomic E-state index is 12.9. The molecule has 2 heterocycles. The summed E-state index contributed by atoms with van der Waals surface area (Å²) < 4.78 is 2.71. The molecule has 0 spiro atoms. The van der Waals surface area contributed by atoms with Gasteiger partial charge in [0.1, 0.15) is 5.69 Å². The van der Waals surface area contributed by atoms with E-state index in [1.54, 1.807) is 37.3 Å². The second-order valence-corrected chi connectivity index (χ2v) is 7.51. The minimum atomic E-state index is -0.758. The number of carbonyl (C=O) groups is 1. The fraction of sp³-hybridized carbons (Fsp3) is 0.100. The Kier molecular flexibility index (Phi) is 5.95. The summed E-state index contributed by atoms with van der Waals surface area (Å²) in [5.41, 5.74) is 0.255. The second kappa shape index (κ2) is 9.00. The first kappa shape index (κ1) is 21.8. The van der Waals surface area contributed by atoms with Crippen LogP contribution < -0.4 is 10.7 Å². The molecule has 0 unspecified atom stereocenters. The van der Waals surface area contributed by atoms with E-state index in [9.17, 15) is 19.7 Å². The summed E-state index contributed by atoms with van der Waals surface area (Å²) in [5, 5.41) is 30.2. The number of nitrogens with one attached hydrogen (secondary N) is 1. The third kappa shape index (κ3) is 4.34. The molecule has 4 aromatic rings. The molecule has 166 valence electrons. The van der Waals surface area contributed by atoms with E-state index in [-0.39, 0.29) is 11.4 Å². The van der Waals surface area contributed by atoms with Crippen LogP contribution in [-0.4, -0.2) is 47.1 Å². The highest BCUT2D eigenvalue weighted by Crippen LogP contribution is 2.23. The number of hydrogen-bond acceptors (Lipinski definition) is 9. The van der Waals surface area contributed by atoms with Gasteiger partial charge < -0.3 is 5.32 Å². The van der Waals surface area contributed by atoms with Gasteiger partial charge in [-0.15, -0.1) is 5.10 Å². The number of nitrogens with zero attached hydrogens (tertiary/aromatic N) is 7. The molecule has 0 saturated heterocycles. The minimum absolute atomic E-state index is 0.138. The van der Waals surface area contributed by atoms with E-state index in [4.69, 9.17) is 0 Å². The Morgan fingerprint density at radius 3 is 2.67 bits per heavy atom. The Morgan fingerprint density at radius 1 is 1.12 bits per heavy atom. The van der Waals surface area contributed by atoms with Crippen LogP contribution >= 0.6 is 11.8 Å². The number of nitro groups is 1. The standard InChI is InChI=1S/C20H16N8O4S/c1-12-10-17(29)18(23-26(12)15-8-3-4-9-16(15)28(31)32)19(30)21-13-6-5-7-14(11-13)27-20(33-2)22-24-25-27/h3-11H,1-2H3,(H,21,30). The van der Waals surface area contributed by atoms with Gasteiger partial charge in [0.05, 0.1) is 10.6 Å². The van der Waals surface area contributed by atoms with Gasteiger partial charge in [-0.2, -0.15) is 9.78 Å². The summed E-state index contributed by atoms with van der Waals surface area (Å²) >= 11 is 1.36. The lowest BCUT2D eigenvalue weighted by Crippen LogP contribution is -2.27. The number of rotatable bonds is 6. The van der Waals surface area contributed by atoms with Crippen LogP contribution in [0.2, 0.25) is 0 Å². The average Bonchev–Trinajstić information content (AvgIpc) is 3.28. The Hall–Kier alpha value is -4.39. The molecule has 2 aromatic carbocycles. The van der Waals surface area contributed by atoms with Crippen molar-refractivity contribution in [2.75, 3.05) is 11.6 Å². The molecule has 0 aliphatic rings. The number of benzene rings is 2. The van der Waals surface area contributed by atoms with Crippen molar-refractivity contribution in [3.63, 3.8) is 0 Å². The van der Waals surface area contributed by atoms with Crippen LogP contribution in [0.5, 0.6) is 0 Å². The zero-order valence-electron chi connectivity index (χ0n) is 17.4. The number of aromatic nitrogens is 6. The molecule has 13 heteroatoms. The highest BCUT2D eigenvalue weighted by Gasteiger charge is 2.20. The molecule has 1 amide bonds. The van der Waals surface area contributed by atoms with Crippen LogP contribution in [0.25, 0.3) is 11.4 Å². The zero-order valence-corrected chi connectivity index (χ0v) is 18.2. The predicted molar refractivity (Wildman–Crippen MR) is 120 cm³/mol. The van der Waals surface area contributed by atoms with E-state index < -0.39 is 22.0 Å². The fourth-order valence-corrected chi connectivity index (χ4v) is 3.55. The zero-order chi connectivity index (χ0) is 23.5. The van der Waals surface area contributed by atoms with Crippen molar-refractivity contribution in [3.05, 3.63) is 86.3 Å². The van der Waals surface area contributed by atoms with Gasteiger partial charge in [-0.3, -0.25) is 19.7 Å². The number of nitro benzene ring substituents is 1. The summed E-state index contributed by atoms with van der Waals surface area (Å²) in [6.07, 6.45) is 1.83. The third-order valence-corrected chi connectivity index (χ3v) is 5.22. The molecule has 2 aromatic heterocycles. The maximum Gasteiger partial charge on any atom is 0.294 e. The molecule has 0 atom stereocenters. The molecule has 0 aliphatic heterocycles. The molecule has 33 heavy (non-hydrogen) atoms. The number of thioether (sulfide) groups is 1. The lowest BCUT2D eigenvalue weighted by atomic mass is 10.2. The molecular weight excluding hydrogens is 448 g/mol. The van der Waals surface area contributed by atoms with Crippen molar-refractivity contribution < 1.29 is 9.72 Å². The first-order chi connectivity index (χ1) is 15.9. The highest BCUT2D eigenvalue weighted by atomic mass is 32.2. The monoisotopic (exact) mass is 464 g/mol. The van der Waals surface area contributed by atoms with E-state index in [2.05, 4.69) is 25.9 Å². The largest absolute Gasteiger partial charge is 0.320 e.